The number of esters is 1. The van der Waals surface area contributed by atoms with Crippen molar-refractivity contribution in [2.45, 2.75) is 18.2 Å². The highest BCUT2D eigenvalue weighted by Gasteiger charge is 2.13. The summed E-state index contributed by atoms with van der Waals surface area (Å²) in [6, 6.07) is 7.36. The molecule has 0 spiro atoms. The van der Waals surface area contributed by atoms with Crippen LogP contribution in [0, 0.1) is 0 Å². The fourth-order valence-corrected chi connectivity index (χ4v) is 2.09. The zero-order chi connectivity index (χ0) is 13.5. The summed E-state index contributed by atoms with van der Waals surface area (Å²) in [7, 11) is 3.40. The van der Waals surface area contributed by atoms with Gasteiger partial charge in [-0.05, 0) is 30.3 Å². The van der Waals surface area contributed by atoms with Crippen LogP contribution in [0.25, 0.3) is 0 Å². The summed E-state index contributed by atoms with van der Waals surface area (Å²) in [6.07, 6.45) is 0.192. The molecule has 0 bridgehead atoms. The van der Waals surface area contributed by atoms with E-state index < -0.39 is 0 Å². The van der Waals surface area contributed by atoms with E-state index in [1.165, 1.54) is 4.90 Å². The first-order valence-electron chi connectivity index (χ1n) is 5.67. The zero-order valence-corrected chi connectivity index (χ0v) is 11.6. The topological polar surface area (TPSA) is 46.6 Å². The maximum absolute atomic E-state index is 11.6. The summed E-state index contributed by atoms with van der Waals surface area (Å²) >= 11 is 1.12. The molecular weight excluding hydrogens is 250 g/mol. The summed E-state index contributed by atoms with van der Waals surface area (Å²) in [5.41, 5.74) is 0.816. The van der Waals surface area contributed by atoms with Gasteiger partial charge in [-0.15, -0.1) is 0 Å². The lowest BCUT2D eigenvalue weighted by Gasteiger charge is -2.11. The van der Waals surface area contributed by atoms with Gasteiger partial charge in [-0.3, -0.25) is 9.59 Å². The van der Waals surface area contributed by atoms with Crippen LogP contribution in [0.4, 0.5) is 4.79 Å². The van der Waals surface area contributed by atoms with E-state index in [-0.39, 0.29) is 17.6 Å². The van der Waals surface area contributed by atoms with Crippen molar-refractivity contribution in [2.75, 3.05) is 20.7 Å². The van der Waals surface area contributed by atoms with Crippen LogP contribution in [0.3, 0.4) is 0 Å². The van der Waals surface area contributed by atoms with Gasteiger partial charge < -0.3 is 9.64 Å². The molecular formula is C13H17NO3S. The average Bonchev–Trinajstić information content (AvgIpc) is 2.31. The molecule has 5 heteroatoms. The van der Waals surface area contributed by atoms with Gasteiger partial charge in [0.25, 0.3) is 5.24 Å². The molecule has 4 nitrogen and oxygen atoms in total. The summed E-state index contributed by atoms with van der Waals surface area (Å²) in [5.74, 6) is -0.275. The zero-order valence-electron chi connectivity index (χ0n) is 10.8. The van der Waals surface area contributed by atoms with Crippen LogP contribution in [0.1, 0.15) is 12.5 Å². The Morgan fingerprint density at radius 1 is 1.28 bits per heavy atom. The minimum atomic E-state index is -0.275. The van der Waals surface area contributed by atoms with Gasteiger partial charge in [0.05, 0.1) is 13.0 Å². The number of carbonyl (C=O) groups is 2. The normalized spacial score (nSPS) is 9.94. The van der Waals surface area contributed by atoms with Crippen molar-refractivity contribution in [2.24, 2.45) is 0 Å². The van der Waals surface area contributed by atoms with Crippen LogP contribution in [-0.4, -0.2) is 36.8 Å². The average molecular weight is 267 g/mol. The Kier molecular flexibility index (Phi) is 5.71. The fourth-order valence-electron chi connectivity index (χ4n) is 1.30. The second kappa shape index (κ2) is 7.06. The summed E-state index contributed by atoms with van der Waals surface area (Å²) in [5, 5.41) is -0.0636. The number of nitrogens with zero attached hydrogens (tertiary/aromatic N) is 1. The second-order valence-electron chi connectivity index (χ2n) is 3.85. The first-order valence-corrected chi connectivity index (χ1v) is 6.49. The molecule has 1 rings (SSSR count). The Morgan fingerprint density at radius 3 is 2.56 bits per heavy atom. The van der Waals surface area contributed by atoms with Gasteiger partial charge in [-0.2, -0.15) is 0 Å². The summed E-state index contributed by atoms with van der Waals surface area (Å²) in [6.45, 7) is 2.14. The third-order valence-corrected chi connectivity index (χ3v) is 3.33. The quantitative estimate of drug-likeness (QED) is 0.621. The van der Waals surface area contributed by atoms with Crippen molar-refractivity contribution < 1.29 is 14.3 Å². The molecule has 0 aliphatic carbocycles. The number of amides is 1. The Balaban J connectivity index is 2.79. The molecule has 1 aromatic rings. The van der Waals surface area contributed by atoms with E-state index >= 15 is 0 Å². The number of benzene rings is 1. The lowest BCUT2D eigenvalue weighted by atomic mass is 10.1. The first kappa shape index (κ1) is 14.6. The van der Waals surface area contributed by atoms with Gasteiger partial charge in [0, 0.05) is 19.0 Å². The minimum absolute atomic E-state index is 0.0636. The van der Waals surface area contributed by atoms with Gasteiger partial charge in [0.1, 0.15) is 0 Å². The van der Waals surface area contributed by atoms with Gasteiger partial charge in [0.2, 0.25) is 0 Å². The largest absolute Gasteiger partial charge is 0.466 e. The molecule has 98 valence electrons. The van der Waals surface area contributed by atoms with E-state index in [9.17, 15) is 9.59 Å². The molecule has 0 heterocycles. The Morgan fingerprint density at radius 2 is 1.94 bits per heavy atom. The minimum Gasteiger partial charge on any atom is -0.466 e. The number of carbonyl (C=O) groups excluding carboxylic acids is 2. The van der Waals surface area contributed by atoms with Crippen molar-refractivity contribution in [3.8, 4) is 0 Å². The first-order chi connectivity index (χ1) is 8.54. The molecule has 0 unspecified atom stereocenters. The van der Waals surface area contributed by atoms with Crippen LogP contribution >= 0.6 is 11.8 Å². The van der Waals surface area contributed by atoms with Gasteiger partial charge in [0.15, 0.2) is 0 Å². The number of hydrogen-bond donors (Lipinski definition) is 0. The lowest BCUT2D eigenvalue weighted by molar-refractivity contribution is -0.142. The maximum atomic E-state index is 11.6. The molecule has 1 aromatic carbocycles. The summed E-state index contributed by atoms with van der Waals surface area (Å²) in [4.78, 5) is 25.4. The third kappa shape index (κ3) is 4.41. The number of thioether (sulfide) groups is 1. The van der Waals surface area contributed by atoms with Crippen molar-refractivity contribution in [1.29, 1.82) is 0 Å². The Bertz CT molecular complexity index is 432. The monoisotopic (exact) mass is 267 g/mol. The van der Waals surface area contributed by atoms with Crippen LogP contribution in [-0.2, 0) is 16.0 Å². The standard InChI is InChI=1S/C13H17NO3S/c1-4-17-12(15)9-10-7-5-6-8-11(10)18-13(16)14(2)3/h5-8H,4,9H2,1-3H3. The second-order valence-corrected chi connectivity index (χ2v) is 4.85. The van der Waals surface area contributed by atoms with Crippen molar-refractivity contribution in [1.82, 2.24) is 4.90 Å². The molecule has 0 aromatic heterocycles. The highest BCUT2D eigenvalue weighted by Crippen LogP contribution is 2.25. The van der Waals surface area contributed by atoms with Crippen molar-refractivity contribution in [3.05, 3.63) is 29.8 Å². The van der Waals surface area contributed by atoms with Crippen LogP contribution in [0.15, 0.2) is 29.2 Å². The molecule has 18 heavy (non-hydrogen) atoms. The van der Waals surface area contributed by atoms with E-state index in [2.05, 4.69) is 0 Å². The fraction of sp³-hybridized carbons (Fsp3) is 0.385. The Labute approximate surface area is 111 Å². The highest BCUT2D eigenvalue weighted by atomic mass is 32.2. The molecule has 0 saturated carbocycles. The van der Waals surface area contributed by atoms with Gasteiger partial charge in [-0.25, -0.2) is 0 Å². The van der Waals surface area contributed by atoms with Crippen molar-refractivity contribution in [3.63, 3.8) is 0 Å². The molecule has 0 saturated heterocycles. The number of rotatable bonds is 4. The SMILES string of the molecule is CCOC(=O)Cc1ccccc1SC(=O)N(C)C. The third-order valence-electron chi connectivity index (χ3n) is 2.18. The molecule has 0 fully saturated rings. The summed E-state index contributed by atoms with van der Waals surface area (Å²) < 4.78 is 4.91. The van der Waals surface area contributed by atoms with E-state index in [0.717, 1.165) is 22.2 Å². The smallest absolute Gasteiger partial charge is 0.310 e. The van der Waals surface area contributed by atoms with Crippen LogP contribution < -0.4 is 0 Å². The molecule has 0 aliphatic rings. The molecule has 0 aliphatic heterocycles. The predicted molar refractivity (Wildman–Crippen MR) is 71.7 cm³/mol. The maximum Gasteiger partial charge on any atom is 0.310 e. The number of hydrogen-bond acceptors (Lipinski definition) is 4. The molecule has 0 atom stereocenters. The van der Waals surface area contributed by atoms with E-state index in [0.29, 0.717) is 6.61 Å². The van der Waals surface area contributed by atoms with Gasteiger partial charge >= 0.3 is 5.97 Å². The number of ether oxygens (including phenoxy) is 1. The lowest BCUT2D eigenvalue weighted by Crippen LogP contribution is -2.16. The predicted octanol–water partition coefficient (Wildman–Crippen LogP) is 2.57. The van der Waals surface area contributed by atoms with Gasteiger partial charge in [-0.1, -0.05) is 18.2 Å². The molecule has 0 N–H and O–H groups in total. The van der Waals surface area contributed by atoms with E-state index in [4.69, 9.17) is 4.74 Å². The highest BCUT2D eigenvalue weighted by molar-refractivity contribution is 8.13. The van der Waals surface area contributed by atoms with E-state index in [1.54, 1.807) is 21.0 Å². The Hall–Kier alpha value is -1.49. The molecule has 1 amide bonds. The van der Waals surface area contributed by atoms with Crippen LogP contribution in [0.2, 0.25) is 0 Å². The van der Waals surface area contributed by atoms with E-state index in [1.807, 2.05) is 24.3 Å². The van der Waals surface area contributed by atoms with Crippen LogP contribution in [0.5, 0.6) is 0 Å². The van der Waals surface area contributed by atoms with Crippen molar-refractivity contribution >= 4 is 23.0 Å². The molecule has 0 radical (unpaired) electrons.